The number of hydrogen-bond donors (Lipinski definition) is 1. The lowest BCUT2D eigenvalue weighted by Gasteiger charge is -2.11. The molecule has 0 atom stereocenters. The average Bonchev–Trinajstić information content (AvgIpc) is 2.53. The monoisotopic (exact) mass is 319 g/mol. The normalized spacial score (nSPS) is 11.1. The molecule has 0 aliphatic heterocycles. The first-order valence-corrected chi connectivity index (χ1v) is 8.28. The van der Waals surface area contributed by atoms with Crippen molar-refractivity contribution < 1.29 is 17.4 Å². The van der Waals surface area contributed by atoms with Crippen LogP contribution >= 0.6 is 0 Å². The maximum Gasteiger partial charge on any atom is 0.339 e. The predicted molar refractivity (Wildman–Crippen MR) is 83.6 cm³/mol. The van der Waals surface area contributed by atoms with Crippen LogP contribution in [0.3, 0.4) is 0 Å². The largest absolute Gasteiger partial charge is 0.378 e. The fourth-order valence-electron chi connectivity index (χ4n) is 1.86. The molecule has 0 aliphatic carbocycles. The zero-order chi connectivity index (χ0) is 16.0. The van der Waals surface area contributed by atoms with Crippen LogP contribution in [0.5, 0.6) is 5.75 Å². The maximum absolute atomic E-state index is 12.2. The second-order valence-electron chi connectivity index (χ2n) is 4.55. The van der Waals surface area contributed by atoms with Gasteiger partial charge in [-0.1, -0.05) is 37.3 Å². The van der Waals surface area contributed by atoms with Gasteiger partial charge in [0.2, 0.25) is 0 Å². The highest BCUT2D eigenvalue weighted by Gasteiger charge is 2.20. The third-order valence-electron chi connectivity index (χ3n) is 2.95. The van der Waals surface area contributed by atoms with E-state index < -0.39 is 10.1 Å². The molecule has 0 saturated heterocycles. The number of rotatable bonds is 7. The van der Waals surface area contributed by atoms with Gasteiger partial charge < -0.3 is 9.50 Å². The van der Waals surface area contributed by atoms with Gasteiger partial charge in [-0.2, -0.15) is 8.42 Å². The van der Waals surface area contributed by atoms with E-state index in [9.17, 15) is 13.2 Å². The molecule has 2 aromatic rings. The van der Waals surface area contributed by atoms with Crippen LogP contribution in [0.15, 0.2) is 59.5 Å². The van der Waals surface area contributed by atoms with Crippen LogP contribution in [-0.4, -0.2) is 27.3 Å². The molecule has 0 fully saturated rings. The smallest absolute Gasteiger partial charge is 0.339 e. The number of likely N-dealkylation sites (N-methyl/N-ethyl adjacent to an activating group) is 1. The Balaban J connectivity index is 2.29. The van der Waals surface area contributed by atoms with Gasteiger partial charge >= 0.3 is 10.1 Å². The predicted octanol–water partition coefficient (Wildman–Crippen LogP) is 2.25. The van der Waals surface area contributed by atoms with Crippen molar-refractivity contribution in [2.75, 3.05) is 13.1 Å². The number of nitrogens with one attached hydrogen (secondary N) is 1. The van der Waals surface area contributed by atoms with Crippen LogP contribution in [0.25, 0.3) is 0 Å². The second-order valence-corrected chi connectivity index (χ2v) is 6.10. The lowest BCUT2D eigenvalue weighted by atomic mass is 10.1. The van der Waals surface area contributed by atoms with E-state index in [1.807, 2.05) is 6.92 Å². The minimum atomic E-state index is -3.96. The molecule has 2 aromatic carbocycles. The summed E-state index contributed by atoms with van der Waals surface area (Å²) < 4.78 is 29.6. The van der Waals surface area contributed by atoms with Gasteiger partial charge in [-0.15, -0.1) is 0 Å². The zero-order valence-electron chi connectivity index (χ0n) is 12.2. The average molecular weight is 319 g/mol. The Morgan fingerprint density at radius 1 is 1.05 bits per heavy atom. The van der Waals surface area contributed by atoms with E-state index in [-0.39, 0.29) is 28.5 Å². The number of carbonyl (C=O) groups is 1. The van der Waals surface area contributed by atoms with Gasteiger partial charge in [0.15, 0.2) is 11.5 Å². The molecule has 0 spiro atoms. The van der Waals surface area contributed by atoms with Crippen molar-refractivity contribution in [2.45, 2.75) is 11.8 Å². The number of ketones is 1. The Bertz CT molecular complexity index is 742. The van der Waals surface area contributed by atoms with Gasteiger partial charge in [-0.05, 0) is 30.8 Å². The highest BCUT2D eigenvalue weighted by Crippen LogP contribution is 2.23. The van der Waals surface area contributed by atoms with Gasteiger partial charge in [-0.25, -0.2) is 0 Å². The lowest BCUT2D eigenvalue weighted by Crippen LogP contribution is -2.23. The van der Waals surface area contributed by atoms with Gasteiger partial charge in [0.25, 0.3) is 0 Å². The molecule has 0 aromatic heterocycles. The van der Waals surface area contributed by atoms with Crippen LogP contribution < -0.4 is 9.50 Å². The van der Waals surface area contributed by atoms with E-state index in [1.54, 1.807) is 36.4 Å². The Morgan fingerprint density at radius 3 is 2.36 bits per heavy atom. The van der Waals surface area contributed by atoms with Crippen LogP contribution in [0, 0.1) is 0 Å². The Morgan fingerprint density at radius 2 is 1.68 bits per heavy atom. The molecule has 0 aliphatic rings. The fraction of sp³-hybridized carbons (Fsp3) is 0.188. The summed E-state index contributed by atoms with van der Waals surface area (Å²) in [6.45, 7) is 2.66. The molecule has 22 heavy (non-hydrogen) atoms. The summed E-state index contributed by atoms with van der Waals surface area (Å²) in [5.41, 5.74) is 0.239. The van der Waals surface area contributed by atoms with Gasteiger partial charge in [0.1, 0.15) is 4.90 Å². The summed E-state index contributed by atoms with van der Waals surface area (Å²) in [5.74, 6) is -0.185. The number of carbonyl (C=O) groups excluding carboxylic acids is 1. The quantitative estimate of drug-likeness (QED) is 0.626. The Hall–Kier alpha value is -2.18. The van der Waals surface area contributed by atoms with E-state index >= 15 is 0 Å². The number of benzene rings is 2. The van der Waals surface area contributed by atoms with Crippen LogP contribution in [-0.2, 0) is 10.1 Å². The summed E-state index contributed by atoms with van der Waals surface area (Å²) >= 11 is 0. The van der Waals surface area contributed by atoms with Crippen molar-refractivity contribution in [1.82, 2.24) is 5.32 Å². The van der Waals surface area contributed by atoms with Gasteiger partial charge in [0.05, 0.1) is 12.1 Å². The van der Waals surface area contributed by atoms with Crippen molar-refractivity contribution in [1.29, 1.82) is 0 Å². The zero-order valence-corrected chi connectivity index (χ0v) is 13.0. The van der Waals surface area contributed by atoms with Crippen molar-refractivity contribution in [3.05, 3.63) is 60.2 Å². The molecule has 0 amide bonds. The molecule has 0 unspecified atom stereocenters. The van der Waals surface area contributed by atoms with Crippen LogP contribution in [0.4, 0.5) is 0 Å². The van der Waals surface area contributed by atoms with Gasteiger partial charge in [0, 0.05) is 0 Å². The molecule has 0 heterocycles. The number of hydrogen-bond acceptors (Lipinski definition) is 5. The number of Topliss-reactive ketones (excluding diaryl/α,β-unsaturated/α-hetero) is 1. The summed E-state index contributed by atoms with van der Waals surface area (Å²) in [7, 11) is -3.96. The minimum absolute atomic E-state index is 0.0363. The third-order valence-corrected chi connectivity index (χ3v) is 4.20. The van der Waals surface area contributed by atoms with E-state index in [1.165, 1.54) is 18.2 Å². The molecule has 0 radical (unpaired) electrons. The van der Waals surface area contributed by atoms with E-state index in [0.717, 1.165) is 0 Å². The van der Waals surface area contributed by atoms with E-state index in [2.05, 4.69) is 5.32 Å². The second kappa shape index (κ2) is 7.20. The highest BCUT2D eigenvalue weighted by molar-refractivity contribution is 7.87. The molecule has 1 N–H and O–H groups in total. The Labute approximate surface area is 130 Å². The molecular formula is C16H17NO4S. The summed E-state index contributed by atoms with van der Waals surface area (Å²) in [6.07, 6.45) is 0. The topological polar surface area (TPSA) is 72.5 Å². The minimum Gasteiger partial charge on any atom is -0.378 e. The first-order chi connectivity index (χ1) is 10.5. The summed E-state index contributed by atoms with van der Waals surface area (Å²) in [6, 6.07) is 14.1. The molecule has 0 saturated carbocycles. The Kier molecular flexibility index (Phi) is 5.30. The van der Waals surface area contributed by atoms with Crippen molar-refractivity contribution in [3.8, 4) is 5.75 Å². The molecular weight excluding hydrogens is 302 g/mol. The molecule has 5 nitrogen and oxygen atoms in total. The van der Waals surface area contributed by atoms with Crippen molar-refractivity contribution >= 4 is 15.9 Å². The van der Waals surface area contributed by atoms with Crippen LogP contribution in [0.2, 0.25) is 0 Å². The van der Waals surface area contributed by atoms with Crippen LogP contribution in [0.1, 0.15) is 17.3 Å². The maximum atomic E-state index is 12.2. The first kappa shape index (κ1) is 16.2. The highest BCUT2D eigenvalue weighted by atomic mass is 32.2. The van der Waals surface area contributed by atoms with E-state index in [0.29, 0.717) is 6.54 Å². The van der Waals surface area contributed by atoms with Gasteiger partial charge in [-0.3, -0.25) is 4.79 Å². The molecule has 6 heteroatoms. The molecule has 0 bridgehead atoms. The number of para-hydroxylation sites is 1. The van der Waals surface area contributed by atoms with Crippen molar-refractivity contribution in [2.24, 2.45) is 0 Å². The van der Waals surface area contributed by atoms with Crippen molar-refractivity contribution in [3.63, 3.8) is 0 Å². The summed E-state index contributed by atoms with van der Waals surface area (Å²) in [5, 5.41) is 2.91. The standard InChI is InChI=1S/C16H17NO4S/c1-2-17-12-15(18)14-10-6-7-11-16(14)21-22(19,20)13-8-4-3-5-9-13/h3-11,17H,2,12H2,1H3. The third kappa shape index (κ3) is 3.93. The molecule has 2 rings (SSSR count). The summed E-state index contributed by atoms with van der Waals surface area (Å²) in [4.78, 5) is 12.2. The SMILES string of the molecule is CCNCC(=O)c1ccccc1OS(=O)(=O)c1ccccc1. The molecule has 116 valence electrons. The lowest BCUT2D eigenvalue weighted by molar-refractivity contribution is 0.0990. The first-order valence-electron chi connectivity index (χ1n) is 6.87. The van der Waals surface area contributed by atoms with E-state index in [4.69, 9.17) is 4.18 Å². The fourth-order valence-corrected chi connectivity index (χ4v) is 2.83.